The van der Waals surface area contributed by atoms with Crippen LogP contribution in [0.15, 0.2) is 0 Å². The van der Waals surface area contributed by atoms with E-state index in [1.807, 2.05) is 4.90 Å². The standard InChI is InChI=1S/C19H34N4O3.ClH/c1-16(24)22-6-3-17(4-7-22)14-19(25)23(18-2-5-20-15-18)9-8-21-10-12-26-13-11-21;/h17-18,20H,2-15H2,1H3;1H. The smallest absolute Gasteiger partial charge is 0.223 e. The Morgan fingerprint density at radius 2 is 1.81 bits per heavy atom. The van der Waals surface area contributed by atoms with Gasteiger partial charge in [-0.3, -0.25) is 14.5 Å². The monoisotopic (exact) mass is 402 g/mol. The second-order valence-corrected chi connectivity index (χ2v) is 7.84. The maximum Gasteiger partial charge on any atom is 0.223 e. The Balaban J connectivity index is 0.00000261. The van der Waals surface area contributed by atoms with Gasteiger partial charge in [-0.2, -0.15) is 0 Å². The van der Waals surface area contributed by atoms with Crippen molar-refractivity contribution in [3.63, 3.8) is 0 Å². The average Bonchev–Trinajstić information content (AvgIpc) is 3.17. The molecule has 3 heterocycles. The van der Waals surface area contributed by atoms with Crippen LogP contribution in [0.3, 0.4) is 0 Å². The van der Waals surface area contributed by atoms with Crippen molar-refractivity contribution in [3.05, 3.63) is 0 Å². The topological polar surface area (TPSA) is 65.1 Å². The van der Waals surface area contributed by atoms with E-state index in [-0.39, 0.29) is 18.3 Å². The van der Waals surface area contributed by atoms with Gasteiger partial charge >= 0.3 is 0 Å². The Morgan fingerprint density at radius 1 is 1.11 bits per heavy atom. The van der Waals surface area contributed by atoms with Crippen molar-refractivity contribution in [2.24, 2.45) is 5.92 Å². The number of carbonyl (C=O) groups is 2. The molecule has 3 saturated heterocycles. The molecule has 156 valence electrons. The van der Waals surface area contributed by atoms with Crippen LogP contribution in [0, 0.1) is 5.92 Å². The van der Waals surface area contributed by atoms with E-state index < -0.39 is 0 Å². The summed E-state index contributed by atoms with van der Waals surface area (Å²) < 4.78 is 5.42. The van der Waals surface area contributed by atoms with Crippen LogP contribution < -0.4 is 5.32 Å². The van der Waals surface area contributed by atoms with Crippen molar-refractivity contribution in [1.82, 2.24) is 20.0 Å². The fourth-order valence-corrected chi connectivity index (χ4v) is 4.31. The van der Waals surface area contributed by atoms with E-state index in [9.17, 15) is 9.59 Å². The van der Waals surface area contributed by atoms with Crippen LogP contribution in [0.4, 0.5) is 0 Å². The molecule has 27 heavy (non-hydrogen) atoms. The fraction of sp³-hybridized carbons (Fsp3) is 0.895. The zero-order valence-corrected chi connectivity index (χ0v) is 17.3. The molecule has 0 radical (unpaired) electrons. The molecule has 3 fully saturated rings. The molecule has 3 aliphatic heterocycles. The molecule has 0 bridgehead atoms. The molecule has 0 saturated carbocycles. The number of rotatable bonds is 6. The third kappa shape index (κ3) is 6.59. The predicted octanol–water partition coefficient (Wildman–Crippen LogP) is 0.580. The average molecular weight is 403 g/mol. The highest BCUT2D eigenvalue weighted by atomic mass is 35.5. The second kappa shape index (κ2) is 11.2. The van der Waals surface area contributed by atoms with E-state index in [4.69, 9.17) is 4.74 Å². The lowest BCUT2D eigenvalue weighted by molar-refractivity contribution is -0.135. The number of hydrogen-bond acceptors (Lipinski definition) is 5. The van der Waals surface area contributed by atoms with E-state index in [1.165, 1.54) is 0 Å². The molecular weight excluding hydrogens is 368 g/mol. The summed E-state index contributed by atoms with van der Waals surface area (Å²) in [5.41, 5.74) is 0. The quantitative estimate of drug-likeness (QED) is 0.704. The molecule has 7 nitrogen and oxygen atoms in total. The maximum atomic E-state index is 13.1. The van der Waals surface area contributed by atoms with Gasteiger partial charge in [-0.15, -0.1) is 12.4 Å². The van der Waals surface area contributed by atoms with Gasteiger partial charge in [0.25, 0.3) is 0 Å². The van der Waals surface area contributed by atoms with Crippen molar-refractivity contribution < 1.29 is 14.3 Å². The van der Waals surface area contributed by atoms with E-state index in [1.54, 1.807) is 6.92 Å². The normalized spacial score (nSPS) is 24.5. The van der Waals surface area contributed by atoms with Crippen LogP contribution in [0.25, 0.3) is 0 Å². The van der Waals surface area contributed by atoms with Gasteiger partial charge in [-0.1, -0.05) is 0 Å². The maximum absolute atomic E-state index is 13.1. The lowest BCUT2D eigenvalue weighted by Gasteiger charge is -2.35. The third-order valence-electron chi connectivity index (χ3n) is 6.08. The molecule has 8 heteroatoms. The lowest BCUT2D eigenvalue weighted by Crippen LogP contribution is -2.48. The predicted molar refractivity (Wildman–Crippen MR) is 107 cm³/mol. The minimum absolute atomic E-state index is 0. The summed E-state index contributed by atoms with van der Waals surface area (Å²) in [4.78, 5) is 31.0. The first-order chi connectivity index (χ1) is 12.6. The van der Waals surface area contributed by atoms with Gasteiger partial charge in [0.1, 0.15) is 0 Å². The summed E-state index contributed by atoms with van der Waals surface area (Å²) in [6, 6.07) is 0.334. The highest BCUT2D eigenvalue weighted by Crippen LogP contribution is 2.23. The highest BCUT2D eigenvalue weighted by Gasteiger charge is 2.30. The van der Waals surface area contributed by atoms with Crippen LogP contribution in [-0.2, 0) is 14.3 Å². The van der Waals surface area contributed by atoms with Crippen molar-refractivity contribution >= 4 is 24.2 Å². The van der Waals surface area contributed by atoms with Crippen LogP contribution >= 0.6 is 12.4 Å². The van der Waals surface area contributed by atoms with Gasteiger partial charge in [0.05, 0.1) is 13.2 Å². The summed E-state index contributed by atoms with van der Waals surface area (Å²) in [5, 5.41) is 3.40. The molecule has 3 rings (SSSR count). The van der Waals surface area contributed by atoms with E-state index in [2.05, 4.69) is 15.1 Å². The minimum atomic E-state index is 0. The molecular formula is C19H35ClN4O3. The molecule has 1 N–H and O–H groups in total. The number of nitrogens with zero attached hydrogens (tertiary/aromatic N) is 3. The highest BCUT2D eigenvalue weighted by molar-refractivity contribution is 5.85. The molecule has 1 atom stereocenters. The van der Waals surface area contributed by atoms with Crippen LogP contribution in [-0.4, -0.2) is 98.1 Å². The third-order valence-corrected chi connectivity index (χ3v) is 6.08. The number of hydrogen-bond donors (Lipinski definition) is 1. The van der Waals surface area contributed by atoms with Gasteiger partial charge in [0, 0.05) is 65.2 Å². The van der Waals surface area contributed by atoms with Gasteiger partial charge in [-0.25, -0.2) is 0 Å². The first-order valence-corrected chi connectivity index (χ1v) is 10.2. The van der Waals surface area contributed by atoms with Gasteiger partial charge in [0.15, 0.2) is 0 Å². The number of morpholine rings is 1. The number of nitrogens with one attached hydrogen (secondary N) is 1. The van der Waals surface area contributed by atoms with E-state index in [0.29, 0.717) is 24.3 Å². The number of ether oxygens (including phenoxy) is 1. The van der Waals surface area contributed by atoms with Crippen molar-refractivity contribution in [1.29, 1.82) is 0 Å². The lowest BCUT2D eigenvalue weighted by atomic mass is 9.92. The Bertz CT molecular complexity index is 474. The minimum Gasteiger partial charge on any atom is -0.379 e. The van der Waals surface area contributed by atoms with Gasteiger partial charge in [-0.05, 0) is 31.7 Å². The zero-order chi connectivity index (χ0) is 18.4. The van der Waals surface area contributed by atoms with Gasteiger partial charge < -0.3 is 19.9 Å². The van der Waals surface area contributed by atoms with Crippen molar-refractivity contribution in [2.45, 2.75) is 38.6 Å². The van der Waals surface area contributed by atoms with Crippen molar-refractivity contribution in [3.8, 4) is 0 Å². The molecule has 2 amide bonds. The molecule has 0 aromatic heterocycles. The number of likely N-dealkylation sites (tertiary alicyclic amines) is 1. The summed E-state index contributed by atoms with van der Waals surface area (Å²) in [6.45, 7) is 10.4. The number of amides is 2. The van der Waals surface area contributed by atoms with E-state index >= 15 is 0 Å². The Hall–Kier alpha value is -0.890. The Labute approximate surface area is 169 Å². The number of piperidine rings is 1. The largest absolute Gasteiger partial charge is 0.379 e. The van der Waals surface area contributed by atoms with Crippen LogP contribution in [0.2, 0.25) is 0 Å². The van der Waals surface area contributed by atoms with E-state index in [0.717, 1.165) is 84.8 Å². The summed E-state index contributed by atoms with van der Waals surface area (Å²) in [7, 11) is 0. The first-order valence-electron chi connectivity index (χ1n) is 10.2. The number of carbonyl (C=O) groups excluding carboxylic acids is 2. The molecule has 1 unspecified atom stereocenters. The van der Waals surface area contributed by atoms with Crippen LogP contribution in [0.1, 0.15) is 32.6 Å². The Morgan fingerprint density at radius 3 is 2.41 bits per heavy atom. The molecule has 3 aliphatic rings. The summed E-state index contributed by atoms with van der Waals surface area (Å²) in [5.74, 6) is 0.866. The van der Waals surface area contributed by atoms with Crippen molar-refractivity contribution in [2.75, 3.05) is 65.6 Å². The summed E-state index contributed by atoms with van der Waals surface area (Å²) >= 11 is 0. The SMILES string of the molecule is CC(=O)N1CCC(CC(=O)N(CCN2CCOCC2)C2CCNC2)CC1.Cl. The molecule has 0 aromatic carbocycles. The number of halogens is 1. The second-order valence-electron chi connectivity index (χ2n) is 7.84. The van der Waals surface area contributed by atoms with Crippen LogP contribution in [0.5, 0.6) is 0 Å². The molecule has 0 aliphatic carbocycles. The first kappa shape index (κ1) is 22.4. The molecule has 0 spiro atoms. The fourth-order valence-electron chi connectivity index (χ4n) is 4.31. The zero-order valence-electron chi connectivity index (χ0n) is 16.5. The van der Waals surface area contributed by atoms with Gasteiger partial charge in [0.2, 0.25) is 11.8 Å². The Kier molecular flexibility index (Phi) is 9.29. The molecule has 0 aromatic rings. The summed E-state index contributed by atoms with van der Waals surface area (Å²) in [6.07, 6.45) is 3.58.